The zero-order valence-electron chi connectivity index (χ0n) is 18.2. The van der Waals surface area contributed by atoms with Gasteiger partial charge in [-0.2, -0.15) is 0 Å². The van der Waals surface area contributed by atoms with Crippen molar-refractivity contribution in [2.24, 2.45) is 0 Å². The van der Waals surface area contributed by atoms with Crippen LogP contribution in [0.4, 0.5) is 0 Å². The maximum absolute atomic E-state index is 13.5. The van der Waals surface area contributed by atoms with Gasteiger partial charge in [0.25, 0.3) is 5.91 Å². The third kappa shape index (κ3) is 2.70. The second-order valence-electron chi connectivity index (χ2n) is 8.89. The van der Waals surface area contributed by atoms with Gasteiger partial charge in [0.05, 0.1) is 6.04 Å². The summed E-state index contributed by atoms with van der Waals surface area (Å²) in [6.07, 6.45) is 0.461. The lowest BCUT2D eigenvalue weighted by Gasteiger charge is -2.37. The molecule has 0 aliphatic carbocycles. The summed E-state index contributed by atoms with van der Waals surface area (Å²) in [5.41, 5.74) is 5.63. The van der Waals surface area contributed by atoms with Gasteiger partial charge in [0.15, 0.2) is 11.5 Å². The summed E-state index contributed by atoms with van der Waals surface area (Å²) in [4.78, 5) is 32.3. The normalized spacial score (nSPS) is 19.6. The number of ether oxygens (including phenoxy) is 2. The van der Waals surface area contributed by atoms with Crippen LogP contribution < -0.4 is 14.8 Å². The molecule has 2 atom stereocenters. The Hall–Kier alpha value is -4.26. The van der Waals surface area contributed by atoms with Gasteiger partial charge in [-0.25, -0.2) is 0 Å². The van der Waals surface area contributed by atoms with E-state index in [0.29, 0.717) is 30.0 Å². The summed E-state index contributed by atoms with van der Waals surface area (Å²) in [5.74, 6) is 1.11. The molecule has 0 radical (unpaired) electrons. The largest absolute Gasteiger partial charge is 0.454 e. The first-order valence-electron chi connectivity index (χ1n) is 11.4. The van der Waals surface area contributed by atoms with Gasteiger partial charge in [0.2, 0.25) is 12.7 Å². The Kier molecular flexibility index (Phi) is 4.03. The first-order chi connectivity index (χ1) is 16.7. The topological polar surface area (TPSA) is 83.7 Å². The van der Waals surface area contributed by atoms with E-state index in [1.807, 2.05) is 60.7 Å². The summed E-state index contributed by atoms with van der Waals surface area (Å²) < 4.78 is 10.8. The minimum Gasteiger partial charge on any atom is -0.454 e. The van der Waals surface area contributed by atoms with Crippen molar-refractivity contribution in [2.75, 3.05) is 6.79 Å². The molecule has 3 aliphatic rings. The molecular formula is C27H21N3O4. The number of hydrogen-bond acceptors (Lipinski definition) is 4. The first kappa shape index (κ1) is 19.2. The van der Waals surface area contributed by atoms with Crippen molar-refractivity contribution >= 4 is 22.7 Å². The molecule has 3 aliphatic heterocycles. The minimum absolute atomic E-state index is 0.104. The molecular weight excluding hydrogens is 430 g/mol. The summed E-state index contributed by atoms with van der Waals surface area (Å²) in [7, 11) is 0. The molecule has 7 rings (SSSR count). The van der Waals surface area contributed by atoms with Gasteiger partial charge in [-0.15, -0.1) is 0 Å². The molecule has 168 valence electrons. The number of fused-ring (bicyclic) bond motifs is 8. The van der Waals surface area contributed by atoms with E-state index in [9.17, 15) is 9.59 Å². The van der Waals surface area contributed by atoms with E-state index >= 15 is 0 Å². The highest BCUT2D eigenvalue weighted by Gasteiger charge is 2.48. The monoisotopic (exact) mass is 451 g/mol. The third-order valence-corrected chi connectivity index (χ3v) is 7.06. The van der Waals surface area contributed by atoms with E-state index in [2.05, 4.69) is 16.4 Å². The highest BCUT2D eigenvalue weighted by Crippen LogP contribution is 2.46. The fraction of sp³-hybridized carbons (Fsp3) is 0.185. The van der Waals surface area contributed by atoms with E-state index in [-0.39, 0.29) is 24.6 Å². The lowest BCUT2D eigenvalue weighted by atomic mass is 9.90. The number of nitrogens with zero attached hydrogens (tertiary/aromatic N) is 1. The molecule has 2 N–H and O–H groups in total. The highest BCUT2D eigenvalue weighted by molar-refractivity contribution is 6.03. The summed E-state index contributed by atoms with van der Waals surface area (Å²) in [6.45, 7) is 0.547. The van der Waals surface area contributed by atoms with Crippen LogP contribution in [0.3, 0.4) is 0 Å². The number of aromatic amines is 1. The molecule has 7 heteroatoms. The van der Waals surface area contributed by atoms with Gasteiger partial charge in [-0.3, -0.25) is 9.59 Å². The van der Waals surface area contributed by atoms with Gasteiger partial charge < -0.3 is 24.7 Å². The number of hydrogen-bond donors (Lipinski definition) is 2. The second kappa shape index (κ2) is 7.12. The Morgan fingerprint density at radius 3 is 2.79 bits per heavy atom. The molecule has 0 saturated carbocycles. The number of carbonyl (C=O) groups excluding carboxylic acids is 2. The number of aromatic nitrogens is 1. The van der Waals surface area contributed by atoms with Gasteiger partial charge in [-0.05, 0) is 41.0 Å². The van der Waals surface area contributed by atoms with Crippen LogP contribution in [0.5, 0.6) is 11.5 Å². The summed E-state index contributed by atoms with van der Waals surface area (Å²) in [6, 6.07) is 20.5. The fourth-order valence-corrected chi connectivity index (χ4v) is 5.50. The average molecular weight is 451 g/mol. The lowest BCUT2D eigenvalue weighted by Crippen LogP contribution is -2.52. The van der Waals surface area contributed by atoms with E-state index in [4.69, 9.17) is 9.47 Å². The Morgan fingerprint density at radius 2 is 1.85 bits per heavy atom. The van der Waals surface area contributed by atoms with E-state index in [0.717, 1.165) is 33.3 Å². The van der Waals surface area contributed by atoms with Crippen LogP contribution in [0.15, 0.2) is 66.7 Å². The zero-order valence-corrected chi connectivity index (χ0v) is 18.2. The van der Waals surface area contributed by atoms with E-state index < -0.39 is 6.04 Å². The smallest absolute Gasteiger partial charge is 0.255 e. The molecule has 34 heavy (non-hydrogen) atoms. The van der Waals surface area contributed by atoms with Crippen molar-refractivity contribution in [3.05, 3.63) is 94.7 Å². The van der Waals surface area contributed by atoms with Crippen LogP contribution in [0, 0.1) is 0 Å². The van der Waals surface area contributed by atoms with Crippen LogP contribution >= 0.6 is 0 Å². The van der Waals surface area contributed by atoms with Crippen LogP contribution in [-0.2, 0) is 17.8 Å². The number of nitrogens with one attached hydrogen (secondary N) is 2. The van der Waals surface area contributed by atoms with Crippen molar-refractivity contribution < 1.29 is 19.1 Å². The summed E-state index contributed by atoms with van der Waals surface area (Å²) in [5, 5.41) is 4.15. The molecule has 0 saturated heterocycles. The Labute approximate surface area is 195 Å². The molecule has 0 bridgehead atoms. The van der Waals surface area contributed by atoms with Gasteiger partial charge in [0, 0.05) is 35.1 Å². The molecule has 7 nitrogen and oxygen atoms in total. The summed E-state index contributed by atoms with van der Waals surface area (Å²) >= 11 is 0. The Balaban J connectivity index is 1.25. The zero-order chi connectivity index (χ0) is 22.8. The lowest BCUT2D eigenvalue weighted by molar-refractivity contribution is -0.126. The van der Waals surface area contributed by atoms with Crippen molar-refractivity contribution in [1.29, 1.82) is 0 Å². The maximum atomic E-state index is 13.5. The van der Waals surface area contributed by atoms with Crippen LogP contribution in [0.2, 0.25) is 0 Å². The van der Waals surface area contributed by atoms with Crippen molar-refractivity contribution in [3.63, 3.8) is 0 Å². The van der Waals surface area contributed by atoms with Gasteiger partial charge >= 0.3 is 0 Å². The van der Waals surface area contributed by atoms with Gasteiger partial charge in [-0.1, -0.05) is 42.5 Å². The number of para-hydroxylation sites is 1. The number of amides is 2. The van der Waals surface area contributed by atoms with E-state index in [1.54, 1.807) is 4.90 Å². The minimum atomic E-state index is -0.606. The molecule has 0 spiro atoms. The van der Waals surface area contributed by atoms with Crippen LogP contribution in [0.25, 0.3) is 10.9 Å². The predicted octanol–water partition coefficient (Wildman–Crippen LogP) is 3.68. The van der Waals surface area contributed by atoms with E-state index in [1.165, 1.54) is 0 Å². The maximum Gasteiger partial charge on any atom is 0.255 e. The molecule has 4 aromatic rings. The fourth-order valence-electron chi connectivity index (χ4n) is 5.50. The van der Waals surface area contributed by atoms with Crippen LogP contribution in [0.1, 0.15) is 38.8 Å². The third-order valence-electron chi connectivity index (χ3n) is 7.06. The van der Waals surface area contributed by atoms with Crippen molar-refractivity contribution in [1.82, 2.24) is 15.2 Å². The highest BCUT2D eigenvalue weighted by atomic mass is 16.7. The molecule has 1 aromatic heterocycles. The molecule has 3 aromatic carbocycles. The first-order valence-corrected chi connectivity index (χ1v) is 11.4. The number of benzene rings is 3. The van der Waals surface area contributed by atoms with Crippen molar-refractivity contribution in [3.8, 4) is 11.5 Å². The Bertz CT molecular complexity index is 1490. The molecule has 0 unspecified atom stereocenters. The standard InChI is InChI=1S/C27H21N3O4/c31-26(28-13-15-9-10-22-23(11-15)34-14-33-22)21-12-19-16-5-3-4-8-20(16)29-24(19)25-17-6-1-2-7-18(17)27(32)30(21)25/h1-11,21,25,29H,12-14H2,(H,28,31)/t21-,25-/m0/s1. The molecule has 2 amide bonds. The van der Waals surface area contributed by atoms with Crippen LogP contribution in [-0.4, -0.2) is 34.5 Å². The quantitative estimate of drug-likeness (QED) is 0.498. The second-order valence-corrected chi connectivity index (χ2v) is 8.89. The van der Waals surface area contributed by atoms with Crippen molar-refractivity contribution in [2.45, 2.75) is 25.0 Å². The Morgan fingerprint density at radius 1 is 1.03 bits per heavy atom. The van der Waals surface area contributed by atoms with Gasteiger partial charge in [0.1, 0.15) is 6.04 Å². The molecule has 0 fully saturated rings. The number of rotatable bonds is 3. The average Bonchev–Trinajstić information content (AvgIpc) is 3.56. The predicted molar refractivity (Wildman–Crippen MR) is 125 cm³/mol. The number of carbonyl (C=O) groups is 2. The number of H-pyrrole nitrogens is 1. The molecule has 4 heterocycles. The SMILES string of the molecule is O=C(NCc1ccc2c(c1)OCO2)[C@@H]1Cc2c([nH]c3ccccc23)[C@@H]2c3ccccc3C(=O)N21.